The van der Waals surface area contributed by atoms with E-state index in [2.05, 4.69) is 39.8 Å². The lowest BCUT2D eigenvalue weighted by molar-refractivity contribution is -0.123. The van der Waals surface area contributed by atoms with E-state index >= 15 is 0 Å². The number of amides is 1. The number of hydrogen-bond acceptors (Lipinski definition) is 6. The van der Waals surface area contributed by atoms with Gasteiger partial charge in [0.05, 0.1) is 12.2 Å². The van der Waals surface area contributed by atoms with Crippen LogP contribution in [0.4, 0.5) is 5.00 Å². The molecule has 8 heteroatoms. The van der Waals surface area contributed by atoms with Crippen molar-refractivity contribution in [2.75, 3.05) is 18.5 Å². The zero-order chi connectivity index (χ0) is 22.5. The second-order valence-corrected chi connectivity index (χ2v) is 9.81. The molecule has 1 aliphatic heterocycles. The minimum Gasteiger partial charge on any atom is -0.462 e. The lowest BCUT2D eigenvalue weighted by atomic mass is 10.0. The largest absolute Gasteiger partial charge is 0.462 e. The monoisotopic (exact) mass is 471 g/mol. The number of thiocarbonyl (C=S) groups is 1. The summed E-state index contributed by atoms with van der Waals surface area (Å²) in [4.78, 5) is 28.8. The van der Waals surface area contributed by atoms with Crippen molar-refractivity contribution in [1.29, 1.82) is 0 Å². The SMILES string of the molecule is CCOC(=O)c1c(NC(=S)NC(=O)C2CCCC2)sc2c1CCN(Cc1ccccc1)C2. The molecule has 0 radical (unpaired) electrons. The fourth-order valence-electron chi connectivity index (χ4n) is 4.48. The van der Waals surface area contributed by atoms with Crippen LogP contribution in [0, 0.1) is 5.92 Å². The molecule has 32 heavy (non-hydrogen) atoms. The fourth-order valence-corrected chi connectivity index (χ4v) is 6.03. The lowest BCUT2D eigenvalue weighted by Crippen LogP contribution is -2.37. The van der Waals surface area contributed by atoms with Crippen molar-refractivity contribution >= 4 is 45.5 Å². The molecule has 1 aliphatic carbocycles. The van der Waals surface area contributed by atoms with Gasteiger partial charge in [0.2, 0.25) is 5.91 Å². The molecule has 4 rings (SSSR count). The minimum atomic E-state index is -0.339. The van der Waals surface area contributed by atoms with Crippen LogP contribution < -0.4 is 10.6 Å². The number of carbonyl (C=O) groups is 2. The summed E-state index contributed by atoms with van der Waals surface area (Å²) in [5, 5.41) is 6.84. The molecule has 2 aromatic rings. The maximum Gasteiger partial charge on any atom is 0.341 e. The van der Waals surface area contributed by atoms with Gasteiger partial charge in [-0.1, -0.05) is 43.2 Å². The molecule has 2 N–H and O–H groups in total. The maximum absolute atomic E-state index is 12.8. The van der Waals surface area contributed by atoms with Gasteiger partial charge < -0.3 is 15.4 Å². The molecule has 0 spiro atoms. The van der Waals surface area contributed by atoms with E-state index in [0.717, 1.165) is 62.2 Å². The topological polar surface area (TPSA) is 70.7 Å². The van der Waals surface area contributed by atoms with E-state index < -0.39 is 0 Å². The highest BCUT2D eigenvalue weighted by Crippen LogP contribution is 2.38. The van der Waals surface area contributed by atoms with Crippen LogP contribution in [0.5, 0.6) is 0 Å². The second-order valence-electron chi connectivity index (χ2n) is 8.30. The van der Waals surface area contributed by atoms with Crippen LogP contribution in [0.3, 0.4) is 0 Å². The van der Waals surface area contributed by atoms with Crippen LogP contribution in [0.25, 0.3) is 0 Å². The summed E-state index contributed by atoms with van der Waals surface area (Å²) in [6.07, 6.45) is 4.76. The van der Waals surface area contributed by atoms with Crippen LogP contribution in [0.15, 0.2) is 30.3 Å². The van der Waals surface area contributed by atoms with Crippen LogP contribution >= 0.6 is 23.6 Å². The smallest absolute Gasteiger partial charge is 0.341 e. The molecule has 170 valence electrons. The van der Waals surface area contributed by atoms with Gasteiger partial charge in [-0.25, -0.2) is 4.79 Å². The predicted octanol–water partition coefficient (Wildman–Crippen LogP) is 4.49. The van der Waals surface area contributed by atoms with E-state index in [-0.39, 0.29) is 22.9 Å². The molecule has 0 unspecified atom stereocenters. The first-order valence-electron chi connectivity index (χ1n) is 11.2. The molecule has 1 fully saturated rings. The Morgan fingerprint density at radius 2 is 1.97 bits per heavy atom. The summed E-state index contributed by atoms with van der Waals surface area (Å²) in [7, 11) is 0. The number of nitrogens with one attached hydrogen (secondary N) is 2. The van der Waals surface area contributed by atoms with Gasteiger partial charge >= 0.3 is 5.97 Å². The van der Waals surface area contributed by atoms with Gasteiger partial charge in [-0.05, 0) is 49.5 Å². The highest BCUT2D eigenvalue weighted by atomic mass is 32.1. The molecule has 0 atom stereocenters. The summed E-state index contributed by atoms with van der Waals surface area (Å²) >= 11 is 6.94. The Hall–Kier alpha value is -2.29. The summed E-state index contributed by atoms with van der Waals surface area (Å²) < 4.78 is 5.34. The molecule has 6 nitrogen and oxygen atoms in total. The van der Waals surface area contributed by atoms with Gasteiger partial charge in [-0.2, -0.15) is 0 Å². The van der Waals surface area contributed by atoms with Crippen LogP contribution in [0.2, 0.25) is 0 Å². The Morgan fingerprint density at radius 1 is 1.22 bits per heavy atom. The van der Waals surface area contributed by atoms with Crippen molar-refractivity contribution in [2.24, 2.45) is 5.92 Å². The van der Waals surface area contributed by atoms with Crippen molar-refractivity contribution in [1.82, 2.24) is 10.2 Å². The summed E-state index contributed by atoms with van der Waals surface area (Å²) in [5.74, 6) is -0.343. The highest BCUT2D eigenvalue weighted by Gasteiger charge is 2.30. The molecule has 1 amide bonds. The molecule has 2 aliphatic rings. The fraction of sp³-hybridized carbons (Fsp3) is 0.458. The summed E-state index contributed by atoms with van der Waals surface area (Å²) in [6, 6.07) is 10.4. The van der Waals surface area contributed by atoms with Crippen molar-refractivity contribution in [3.63, 3.8) is 0 Å². The Kier molecular flexibility index (Phi) is 7.55. The summed E-state index contributed by atoms with van der Waals surface area (Å²) in [5.41, 5.74) is 2.86. The van der Waals surface area contributed by atoms with Gasteiger partial charge in [0, 0.05) is 30.4 Å². The number of thiophene rings is 1. The summed E-state index contributed by atoms with van der Waals surface area (Å²) in [6.45, 7) is 4.62. The quantitative estimate of drug-likeness (QED) is 0.478. The van der Waals surface area contributed by atoms with E-state index in [1.54, 1.807) is 6.92 Å². The second kappa shape index (κ2) is 10.6. The zero-order valence-corrected chi connectivity index (χ0v) is 19.9. The number of nitrogens with zero attached hydrogens (tertiary/aromatic N) is 1. The van der Waals surface area contributed by atoms with E-state index in [1.165, 1.54) is 16.9 Å². The predicted molar refractivity (Wildman–Crippen MR) is 131 cm³/mol. The molecule has 2 heterocycles. The third-order valence-corrected chi connectivity index (χ3v) is 7.39. The molecule has 0 saturated heterocycles. The molecular weight excluding hydrogens is 442 g/mol. The van der Waals surface area contributed by atoms with Crippen LogP contribution in [-0.4, -0.2) is 35.0 Å². The van der Waals surface area contributed by atoms with Gasteiger partial charge in [0.25, 0.3) is 0 Å². The lowest BCUT2D eigenvalue weighted by Gasteiger charge is -2.27. The minimum absolute atomic E-state index is 0.0300. The molecule has 1 aromatic carbocycles. The van der Waals surface area contributed by atoms with Crippen molar-refractivity contribution < 1.29 is 14.3 Å². The third kappa shape index (κ3) is 5.36. The van der Waals surface area contributed by atoms with Crippen molar-refractivity contribution in [3.8, 4) is 0 Å². The third-order valence-electron chi connectivity index (χ3n) is 6.05. The van der Waals surface area contributed by atoms with Gasteiger partial charge in [-0.3, -0.25) is 9.69 Å². The molecule has 1 saturated carbocycles. The molecule has 0 bridgehead atoms. The van der Waals surface area contributed by atoms with Gasteiger partial charge in [0.15, 0.2) is 5.11 Å². The Morgan fingerprint density at radius 3 is 2.69 bits per heavy atom. The first-order chi connectivity index (χ1) is 15.5. The van der Waals surface area contributed by atoms with E-state index in [4.69, 9.17) is 17.0 Å². The maximum atomic E-state index is 12.8. The van der Waals surface area contributed by atoms with Gasteiger partial charge in [-0.15, -0.1) is 11.3 Å². The van der Waals surface area contributed by atoms with Crippen molar-refractivity contribution in [3.05, 3.63) is 51.9 Å². The normalized spacial score (nSPS) is 16.4. The van der Waals surface area contributed by atoms with Crippen LogP contribution in [-0.2, 0) is 29.0 Å². The highest BCUT2D eigenvalue weighted by molar-refractivity contribution is 7.80. The van der Waals surface area contributed by atoms with E-state index in [1.807, 2.05) is 6.07 Å². The number of fused-ring (bicyclic) bond motifs is 1. The number of esters is 1. The number of rotatable bonds is 6. The average molecular weight is 472 g/mol. The number of hydrogen-bond donors (Lipinski definition) is 2. The Balaban J connectivity index is 1.50. The number of benzene rings is 1. The first kappa shape index (κ1) is 22.9. The first-order valence-corrected chi connectivity index (χ1v) is 12.5. The van der Waals surface area contributed by atoms with E-state index in [0.29, 0.717) is 17.2 Å². The zero-order valence-electron chi connectivity index (χ0n) is 18.3. The Labute approximate surface area is 198 Å². The van der Waals surface area contributed by atoms with E-state index in [9.17, 15) is 9.59 Å². The Bertz CT molecular complexity index is 984. The number of ether oxygens (including phenoxy) is 1. The number of carbonyl (C=O) groups excluding carboxylic acids is 2. The van der Waals surface area contributed by atoms with Gasteiger partial charge in [0.1, 0.15) is 5.00 Å². The number of anilines is 1. The molecular formula is C24H29N3O3S2. The average Bonchev–Trinajstić information content (AvgIpc) is 3.42. The molecule has 1 aromatic heterocycles. The van der Waals surface area contributed by atoms with Crippen LogP contribution in [0.1, 0.15) is 59.0 Å². The standard InChI is InChI=1S/C24H29N3O3S2/c1-2-30-23(29)20-18-12-13-27(14-16-8-4-3-5-9-16)15-19(18)32-22(20)26-24(31)25-21(28)17-10-6-7-11-17/h3-5,8-9,17H,2,6-7,10-15H2,1H3,(H2,25,26,28,31). The van der Waals surface area contributed by atoms with Crippen molar-refractivity contribution in [2.45, 2.75) is 52.1 Å².